The normalized spacial score (nSPS) is 25.7. The molecule has 6 heteroatoms. The van der Waals surface area contributed by atoms with Crippen LogP contribution in [0.4, 0.5) is 5.69 Å². The van der Waals surface area contributed by atoms with Gasteiger partial charge in [-0.25, -0.2) is 0 Å². The summed E-state index contributed by atoms with van der Waals surface area (Å²) in [6.45, 7) is 1.09. The Morgan fingerprint density at radius 1 is 1.07 bits per heavy atom. The number of ether oxygens (including phenoxy) is 2. The lowest BCUT2D eigenvalue weighted by atomic mass is 9.65. The van der Waals surface area contributed by atoms with Gasteiger partial charge in [-0.15, -0.1) is 0 Å². The van der Waals surface area contributed by atoms with Crippen LogP contribution in [0, 0.1) is 0 Å². The largest absolute Gasteiger partial charge is 0.493 e. The molecule has 5 nitrogen and oxygen atoms in total. The molecule has 1 saturated heterocycles. The van der Waals surface area contributed by atoms with Crippen LogP contribution in [0.5, 0.6) is 11.5 Å². The number of hydrazone groups is 1. The molecule has 1 aliphatic heterocycles. The fourth-order valence-corrected chi connectivity index (χ4v) is 4.98. The van der Waals surface area contributed by atoms with Crippen LogP contribution in [0.1, 0.15) is 31.2 Å². The second-order valence-corrected chi connectivity index (χ2v) is 8.41. The molecule has 0 unspecified atom stereocenters. The average molecular weight is 414 g/mol. The van der Waals surface area contributed by atoms with E-state index in [0.29, 0.717) is 6.04 Å². The minimum absolute atomic E-state index is 0.133. The topological polar surface area (TPSA) is 46.1 Å². The van der Waals surface area contributed by atoms with Gasteiger partial charge in [0, 0.05) is 28.6 Å². The van der Waals surface area contributed by atoms with E-state index in [9.17, 15) is 0 Å². The second kappa shape index (κ2) is 8.25. The number of nitrogens with zero attached hydrogens (tertiary/aromatic N) is 2. The summed E-state index contributed by atoms with van der Waals surface area (Å²) in [5, 5.41) is 5.45. The van der Waals surface area contributed by atoms with E-state index in [1.54, 1.807) is 14.2 Å². The van der Waals surface area contributed by atoms with Gasteiger partial charge < -0.3 is 14.4 Å². The Bertz CT molecular complexity index is 899. The lowest BCUT2D eigenvalue weighted by molar-refractivity contribution is 0.226. The molecule has 2 aromatic carbocycles. The molecule has 2 fully saturated rings. The molecular weight excluding hydrogens is 386 g/mol. The summed E-state index contributed by atoms with van der Waals surface area (Å²) >= 11 is 5.97. The zero-order valence-corrected chi connectivity index (χ0v) is 18.0. The minimum atomic E-state index is 0.133. The van der Waals surface area contributed by atoms with Crippen molar-refractivity contribution in [2.45, 2.75) is 37.1 Å². The van der Waals surface area contributed by atoms with Gasteiger partial charge >= 0.3 is 0 Å². The predicted molar refractivity (Wildman–Crippen MR) is 119 cm³/mol. The van der Waals surface area contributed by atoms with E-state index in [4.69, 9.17) is 26.2 Å². The molecule has 1 aliphatic carbocycles. The smallest absolute Gasteiger partial charge is 0.161 e. The van der Waals surface area contributed by atoms with E-state index < -0.39 is 0 Å². The van der Waals surface area contributed by atoms with Crippen LogP contribution in [0.25, 0.3) is 0 Å². The number of fused-ring (bicyclic) bond motifs is 1. The van der Waals surface area contributed by atoms with Crippen molar-refractivity contribution in [2.24, 2.45) is 5.10 Å². The molecule has 2 atom stereocenters. The summed E-state index contributed by atoms with van der Waals surface area (Å²) < 4.78 is 11.0. The molecule has 154 valence electrons. The first-order chi connectivity index (χ1) is 14.1. The van der Waals surface area contributed by atoms with Gasteiger partial charge in [0.1, 0.15) is 0 Å². The quantitative estimate of drug-likeness (QED) is 0.704. The maximum atomic E-state index is 5.97. The third-order valence-corrected chi connectivity index (χ3v) is 6.77. The number of hydrogen-bond acceptors (Lipinski definition) is 5. The van der Waals surface area contributed by atoms with Crippen molar-refractivity contribution in [1.82, 2.24) is 4.90 Å². The van der Waals surface area contributed by atoms with Crippen molar-refractivity contribution in [3.63, 3.8) is 0 Å². The minimum Gasteiger partial charge on any atom is -0.493 e. The Morgan fingerprint density at radius 2 is 1.83 bits per heavy atom. The molecule has 0 spiro atoms. The molecule has 4 rings (SSSR count). The maximum Gasteiger partial charge on any atom is 0.161 e. The van der Waals surface area contributed by atoms with E-state index in [2.05, 4.69) is 29.5 Å². The number of benzene rings is 2. The number of rotatable bonds is 5. The Morgan fingerprint density at radius 3 is 2.55 bits per heavy atom. The number of likely N-dealkylation sites (N-methyl/N-ethyl adjacent to an activating group) is 1. The SMILES string of the molecule is COc1ccc([C@@]23CCC(=NNc4ccc(Cl)cc4)C[C@@H]2N(C)CC3)cc1OC. The first kappa shape index (κ1) is 20.0. The van der Waals surface area contributed by atoms with Crippen LogP contribution in [0.2, 0.25) is 5.02 Å². The van der Waals surface area contributed by atoms with E-state index in [1.165, 1.54) is 11.3 Å². The molecule has 0 bridgehead atoms. The third kappa shape index (κ3) is 3.81. The number of halogens is 1. The summed E-state index contributed by atoms with van der Waals surface area (Å²) in [5.41, 5.74) is 6.84. The van der Waals surface area contributed by atoms with Gasteiger partial charge in [-0.05, 0) is 74.8 Å². The Hall–Kier alpha value is -2.24. The van der Waals surface area contributed by atoms with Crippen LogP contribution in [-0.4, -0.2) is 44.5 Å². The first-order valence-corrected chi connectivity index (χ1v) is 10.4. The highest BCUT2D eigenvalue weighted by molar-refractivity contribution is 6.30. The number of anilines is 1. The van der Waals surface area contributed by atoms with Crippen molar-refractivity contribution >= 4 is 23.0 Å². The zero-order valence-electron chi connectivity index (χ0n) is 17.2. The summed E-state index contributed by atoms with van der Waals surface area (Å²) in [5.74, 6) is 1.58. The maximum absolute atomic E-state index is 5.97. The number of methoxy groups -OCH3 is 2. The van der Waals surface area contributed by atoms with Crippen molar-refractivity contribution in [3.05, 3.63) is 53.1 Å². The fourth-order valence-electron chi connectivity index (χ4n) is 4.85. The number of nitrogens with one attached hydrogen (secondary N) is 1. The summed E-state index contributed by atoms with van der Waals surface area (Å²) in [4.78, 5) is 2.48. The highest BCUT2D eigenvalue weighted by Gasteiger charge is 2.49. The molecule has 29 heavy (non-hydrogen) atoms. The Kier molecular flexibility index (Phi) is 5.70. The van der Waals surface area contributed by atoms with Crippen molar-refractivity contribution in [3.8, 4) is 11.5 Å². The van der Waals surface area contributed by atoms with Crippen LogP contribution in [0.15, 0.2) is 47.6 Å². The Balaban J connectivity index is 1.57. The van der Waals surface area contributed by atoms with Gasteiger partial charge in [-0.2, -0.15) is 5.10 Å². The average Bonchev–Trinajstić information content (AvgIpc) is 3.10. The molecule has 2 aliphatic rings. The summed E-state index contributed by atoms with van der Waals surface area (Å²) in [6.07, 6.45) is 4.19. The van der Waals surface area contributed by atoms with Crippen LogP contribution in [0.3, 0.4) is 0 Å². The van der Waals surface area contributed by atoms with Crippen molar-refractivity contribution < 1.29 is 9.47 Å². The monoisotopic (exact) mass is 413 g/mol. The van der Waals surface area contributed by atoms with E-state index >= 15 is 0 Å². The predicted octanol–water partition coefficient (Wildman–Crippen LogP) is 4.95. The van der Waals surface area contributed by atoms with Crippen molar-refractivity contribution in [1.29, 1.82) is 0 Å². The van der Waals surface area contributed by atoms with Gasteiger partial charge in [0.25, 0.3) is 0 Å². The third-order valence-electron chi connectivity index (χ3n) is 6.52. The lowest BCUT2D eigenvalue weighted by Gasteiger charge is -2.42. The molecule has 0 radical (unpaired) electrons. The molecular formula is C23H28ClN3O2. The molecule has 1 saturated carbocycles. The first-order valence-electron chi connectivity index (χ1n) is 10.1. The van der Waals surface area contributed by atoms with Gasteiger partial charge in [0.15, 0.2) is 11.5 Å². The molecule has 2 aromatic rings. The second-order valence-electron chi connectivity index (χ2n) is 7.97. The number of hydrogen-bond donors (Lipinski definition) is 1. The van der Waals surface area contributed by atoms with Crippen LogP contribution in [-0.2, 0) is 5.41 Å². The Labute approximate surface area is 177 Å². The van der Waals surface area contributed by atoms with E-state index in [-0.39, 0.29) is 5.41 Å². The standard InChI is InChI=1S/C23H28ClN3O2/c1-27-13-12-23(16-4-9-20(28-2)21(14-16)29-3)11-10-19(15-22(23)27)26-25-18-7-5-17(24)6-8-18/h4-9,14,22,25H,10-13,15H2,1-3H3/t22-,23-/m0/s1. The van der Waals surface area contributed by atoms with Gasteiger partial charge in [-0.3, -0.25) is 5.43 Å². The van der Waals surface area contributed by atoms with E-state index in [0.717, 1.165) is 54.4 Å². The van der Waals surface area contributed by atoms with Gasteiger partial charge in [-0.1, -0.05) is 17.7 Å². The van der Waals surface area contributed by atoms with Gasteiger partial charge in [0.05, 0.1) is 19.9 Å². The van der Waals surface area contributed by atoms with Crippen LogP contribution >= 0.6 is 11.6 Å². The highest BCUT2D eigenvalue weighted by Crippen LogP contribution is 2.49. The molecule has 0 amide bonds. The molecule has 0 aromatic heterocycles. The zero-order chi connectivity index (χ0) is 20.4. The van der Waals surface area contributed by atoms with Gasteiger partial charge in [0.2, 0.25) is 0 Å². The fraction of sp³-hybridized carbons (Fsp3) is 0.435. The lowest BCUT2D eigenvalue weighted by Crippen LogP contribution is -2.46. The van der Waals surface area contributed by atoms with Crippen molar-refractivity contribution in [2.75, 3.05) is 33.2 Å². The highest BCUT2D eigenvalue weighted by atomic mass is 35.5. The van der Waals surface area contributed by atoms with E-state index in [1.807, 2.05) is 30.3 Å². The van der Waals surface area contributed by atoms with Crippen LogP contribution < -0.4 is 14.9 Å². The molecule has 1 N–H and O–H groups in total. The molecule has 1 heterocycles. The summed E-state index contributed by atoms with van der Waals surface area (Å²) in [6, 6.07) is 14.5. The summed E-state index contributed by atoms with van der Waals surface area (Å²) in [7, 11) is 5.60. The number of likely N-dealkylation sites (tertiary alicyclic amines) is 1.